The molecule has 0 unspecified atom stereocenters. The summed E-state index contributed by atoms with van der Waals surface area (Å²) in [5, 5.41) is 78.4. The summed E-state index contributed by atoms with van der Waals surface area (Å²) in [6, 6.07) is 6.02. The van der Waals surface area contributed by atoms with Crippen LogP contribution in [0.4, 0.5) is 0 Å². The van der Waals surface area contributed by atoms with Gasteiger partial charge < -0.3 is 55.1 Å². The first-order valence-corrected chi connectivity index (χ1v) is 9.16. The summed E-state index contributed by atoms with van der Waals surface area (Å²) < 4.78 is 16.3. The van der Waals surface area contributed by atoms with Gasteiger partial charge in [-0.2, -0.15) is 0 Å². The fourth-order valence-electron chi connectivity index (χ4n) is 3.44. The van der Waals surface area contributed by atoms with Crippen LogP contribution in [-0.4, -0.2) is 109 Å². The average molecular weight is 418 g/mol. The average Bonchev–Trinajstić information content (AvgIpc) is 2.73. The van der Waals surface area contributed by atoms with Crippen LogP contribution in [0.25, 0.3) is 0 Å². The Hall–Kier alpha value is -1.38. The molecular formula is C18H26O11. The second-order valence-electron chi connectivity index (χ2n) is 7.14. The molecule has 1 aromatic rings. The maximum absolute atomic E-state index is 10.2. The van der Waals surface area contributed by atoms with E-state index >= 15 is 0 Å². The van der Waals surface area contributed by atoms with Gasteiger partial charge in [-0.05, 0) is 17.7 Å². The predicted molar refractivity (Wildman–Crippen MR) is 93.6 cm³/mol. The van der Waals surface area contributed by atoms with Crippen molar-refractivity contribution >= 4 is 0 Å². The summed E-state index contributed by atoms with van der Waals surface area (Å²) in [6.07, 6.45) is -13.9. The van der Waals surface area contributed by atoms with Gasteiger partial charge in [0.25, 0.3) is 0 Å². The van der Waals surface area contributed by atoms with Gasteiger partial charge in [-0.3, -0.25) is 0 Å². The summed E-state index contributed by atoms with van der Waals surface area (Å²) in [7, 11) is 0. The lowest BCUT2D eigenvalue weighted by molar-refractivity contribution is -0.277. The first-order valence-electron chi connectivity index (χ1n) is 9.16. The van der Waals surface area contributed by atoms with Gasteiger partial charge in [0.05, 0.1) is 13.2 Å². The Balaban J connectivity index is 1.77. The zero-order valence-electron chi connectivity index (χ0n) is 15.3. The third-order valence-electron chi connectivity index (χ3n) is 5.18. The minimum atomic E-state index is -1.60. The molecule has 29 heavy (non-hydrogen) atoms. The minimum Gasteiger partial charge on any atom is -0.462 e. The zero-order chi connectivity index (χ0) is 21.3. The molecule has 10 atom stereocenters. The number of hydrogen-bond acceptors (Lipinski definition) is 11. The third-order valence-corrected chi connectivity index (χ3v) is 5.18. The predicted octanol–water partition coefficient (Wildman–Crippen LogP) is -3.62. The van der Waals surface area contributed by atoms with Crippen LogP contribution in [0.5, 0.6) is 5.75 Å². The van der Waals surface area contributed by atoms with E-state index in [4.69, 9.17) is 14.2 Å². The van der Waals surface area contributed by atoms with Gasteiger partial charge in [0, 0.05) is 0 Å². The molecule has 2 aliphatic heterocycles. The summed E-state index contributed by atoms with van der Waals surface area (Å²) in [5.74, 6) is 0.142. The molecule has 0 aliphatic carbocycles. The number of ether oxygens (including phenoxy) is 3. The highest BCUT2D eigenvalue weighted by Crippen LogP contribution is 2.34. The standard InChI is InChI=1S/C18H26O11/c19-5-9-11(21)13(23)15(25)17(28-9)7-2-1-3-8(4-7)27-18-16(26)14(24)12(22)10(6-20)29-18/h1-4,9-26H,5-6H2/t9-,10-,11-,12-,13+,14+,15+,16+,17-,18+/m1/s1. The Morgan fingerprint density at radius 1 is 0.724 bits per heavy atom. The molecule has 0 radical (unpaired) electrons. The molecule has 8 N–H and O–H groups in total. The number of rotatable bonds is 5. The third kappa shape index (κ3) is 4.39. The van der Waals surface area contributed by atoms with Crippen LogP contribution in [0.1, 0.15) is 11.7 Å². The highest BCUT2D eigenvalue weighted by atomic mass is 16.7. The van der Waals surface area contributed by atoms with Crippen molar-refractivity contribution in [3.05, 3.63) is 29.8 Å². The summed E-state index contributed by atoms with van der Waals surface area (Å²) in [5.41, 5.74) is 0.351. The Kier molecular flexibility index (Phi) is 7.06. The molecule has 0 spiro atoms. The second kappa shape index (κ2) is 9.18. The molecule has 0 saturated carbocycles. The largest absolute Gasteiger partial charge is 0.462 e. The van der Waals surface area contributed by atoms with Crippen molar-refractivity contribution in [2.75, 3.05) is 13.2 Å². The van der Waals surface area contributed by atoms with Crippen molar-refractivity contribution in [3.63, 3.8) is 0 Å². The second-order valence-corrected chi connectivity index (χ2v) is 7.14. The highest BCUT2D eigenvalue weighted by Gasteiger charge is 2.46. The van der Waals surface area contributed by atoms with E-state index in [9.17, 15) is 40.9 Å². The molecule has 2 aliphatic rings. The van der Waals surface area contributed by atoms with Crippen LogP contribution in [0.2, 0.25) is 0 Å². The van der Waals surface area contributed by atoms with E-state index in [1.165, 1.54) is 18.2 Å². The smallest absolute Gasteiger partial charge is 0.229 e. The molecule has 2 saturated heterocycles. The van der Waals surface area contributed by atoms with Gasteiger partial charge in [0.15, 0.2) is 0 Å². The molecular weight excluding hydrogens is 392 g/mol. The van der Waals surface area contributed by atoms with Crippen molar-refractivity contribution in [1.29, 1.82) is 0 Å². The Bertz CT molecular complexity index is 669. The molecule has 164 valence electrons. The van der Waals surface area contributed by atoms with Gasteiger partial charge in [-0.15, -0.1) is 0 Å². The van der Waals surface area contributed by atoms with Crippen LogP contribution < -0.4 is 4.74 Å². The van der Waals surface area contributed by atoms with Crippen LogP contribution >= 0.6 is 0 Å². The molecule has 2 heterocycles. The maximum Gasteiger partial charge on any atom is 0.229 e. The number of benzene rings is 1. The normalized spacial score (nSPS) is 43.2. The van der Waals surface area contributed by atoms with Crippen molar-refractivity contribution in [1.82, 2.24) is 0 Å². The molecule has 2 fully saturated rings. The van der Waals surface area contributed by atoms with E-state index in [0.29, 0.717) is 5.56 Å². The van der Waals surface area contributed by atoms with Crippen molar-refractivity contribution < 1.29 is 55.1 Å². The monoisotopic (exact) mass is 418 g/mol. The number of aliphatic hydroxyl groups is 8. The van der Waals surface area contributed by atoms with Crippen molar-refractivity contribution in [3.8, 4) is 5.75 Å². The highest BCUT2D eigenvalue weighted by molar-refractivity contribution is 5.31. The lowest BCUT2D eigenvalue weighted by atomic mass is 9.91. The van der Waals surface area contributed by atoms with Gasteiger partial charge in [0.2, 0.25) is 6.29 Å². The minimum absolute atomic E-state index is 0.142. The van der Waals surface area contributed by atoms with E-state index in [0.717, 1.165) is 0 Å². The van der Waals surface area contributed by atoms with Crippen molar-refractivity contribution in [2.45, 2.75) is 61.2 Å². The maximum atomic E-state index is 10.2. The molecule has 0 amide bonds. The molecule has 11 nitrogen and oxygen atoms in total. The van der Waals surface area contributed by atoms with E-state index in [1.807, 2.05) is 0 Å². The van der Waals surface area contributed by atoms with Gasteiger partial charge in [-0.1, -0.05) is 12.1 Å². The SMILES string of the molecule is OC[C@H]1O[C@H](Oc2cccc([C@H]3O[C@H](CO)[C@@H](O)[C@H](O)[C@@H]3O)c2)[C@@H](O)[C@@H](O)[C@@H]1O. The lowest BCUT2D eigenvalue weighted by Crippen LogP contribution is -2.60. The molecule has 3 rings (SSSR count). The van der Waals surface area contributed by atoms with Gasteiger partial charge in [0.1, 0.15) is 60.7 Å². The lowest BCUT2D eigenvalue weighted by Gasteiger charge is -2.40. The fourth-order valence-corrected chi connectivity index (χ4v) is 3.44. The van der Waals surface area contributed by atoms with E-state index in [1.54, 1.807) is 6.07 Å². The summed E-state index contributed by atoms with van der Waals surface area (Å²) in [6.45, 7) is -1.17. The first-order chi connectivity index (χ1) is 13.8. The van der Waals surface area contributed by atoms with E-state index < -0.39 is 74.4 Å². The van der Waals surface area contributed by atoms with Gasteiger partial charge in [-0.25, -0.2) is 0 Å². The van der Waals surface area contributed by atoms with Crippen LogP contribution in [-0.2, 0) is 9.47 Å². The number of aliphatic hydroxyl groups excluding tert-OH is 8. The summed E-state index contributed by atoms with van der Waals surface area (Å²) in [4.78, 5) is 0. The number of hydrogen-bond donors (Lipinski definition) is 8. The topological polar surface area (TPSA) is 190 Å². The summed E-state index contributed by atoms with van der Waals surface area (Å²) >= 11 is 0. The quantitative estimate of drug-likeness (QED) is 0.236. The van der Waals surface area contributed by atoms with E-state index in [2.05, 4.69) is 0 Å². The van der Waals surface area contributed by atoms with Crippen LogP contribution in [0.3, 0.4) is 0 Å². The van der Waals surface area contributed by atoms with Gasteiger partial charge >= 0.3 is 0 Å². The zero-order valence-corrected chi connectivity index (χ0v) is 15.3. The molecule has 0 bridgehead atoms. The van der Waals surface area contributed by atoms with Crippen LogP contribution in [0.15, 0.2) is 24.3 Å². The molecule has 1 aromatic carbocycles. The molecule has 0 aromatic heterocycles. The van der Waals surface area contributed by atoms with Crippen LogP contribution in [0, 0.1) is 0 Å². The Morgan fingerprint density at radius 2 is 1.31 bits per heavy atom. The first kappa shape index (κ1) is 22.3. The molecule has 11 heteroatoms. The Labute approximate surface area is 165 Å². The fraction of sp³-hybridized carbons (Fsp3) is 0.667. The van der Waals surface area contributed by atoms with Crippen molar-refractivity contribution in [2.24, 2.45) is 0 Å². The Morgan fingerprint density at radius 3 is 1.93 bits per heavy atom. The van der Waals surface area contributed by atoms with E-state index in [-0.39, 0.29) is 5.75 Å².